The molecule has 0 fully saturated rings. The highest BCUT2D eigenvalue weighted by molar-refractivity contribution is 7.87. The van der Waals surface area contributed by atoms with E-state index in [1.807, 2.05) is 20.8 Å². The number of rotatable bonds is 6. The van der Waals surface area contributed by atoms with Gasteiger partial charge in [0.25, 0.3) is 0 Å². The maximum atomic E-state index is 12.3. The van der Waals surface area contributed by atoms with Crippen molar-refractivity contribution in [2.75, 3.05) is 7.11 Å². The summed E-state index contributed by atoms with van der Waals surface area (Å²) >= 11 is 0. The SMILES string of the molecule is COc1ccc(S(=O)(=O)Oc2ccc(C)c(OC(C)C)c2)cc1. The molecular weight excluding hydrogens is 316 g/mol. The van der Waals surface area contributed by atoms with Gasteiger partial charge in [0.05, 0.1) is 13.2 Å². The van der Waals surface area contributed by atoms with Gasteiger partial charge in [0.1, 0.15) is 22.1 Å². The average molecular weight is 336 g/mol. The molecule has 6 heteroatoms. The van der Waals surface area contributed by atoms with Crippen molar-refractivity contribution >= 4 is 10.1 Å². The maximum absolute atomic E-state index is 12.3. The molecule has 0 saturated heterocycles. The number of hydrogen-bond acceptors (Lipinski definition) is 5. The highest BCUT2D eigenvalue weighted by Crippen LogP contribution is 2.27. The van der Waals surface area contributed by atoms with Gasteiger partial charge in [-0.05, 0) is 56.7 Å². The number of aryl methyl sites for hydroxylation is 1. The average Bonchev–Trinajstić information content (AvgIpc) is 2.50. The molecule has 0 amide bonds. The molecule has 0 saturated carbocycles. The fraction of sp³-hybridized carbons (Fsp3) is 0.294. The molecule has 2 aromatic carbocycles. The fourth-order valence-electron chi connectivity index (χ4n) is 1.93. The zero-order chi connectivity index (χ0) is 17.0. The zero-order valence-corrected chi connectivity index (χ0v) is 14.4. The van der Waals surface area contributed by atoms with Gasteiger partial charge in [0, 0.05) is 6.07 Å². The van der Waals surface area contributed by atoms with Crippen molar-refractivity contribution in [1.29, 1.82) is 0 Å². The van der Waals surface area contributed by atoms with Crippen molar-refractivity contribution in [2.45, 2.75) is 31.8 Å². The Labute approximate surface area is 136 Å². The minimum absolute atomic E-state index is 0.0119. The number of benzene rings is 2. The number of ether oxygens (including phenoxy) is 2. The van der Waals surface area contributed by atoms with Gasteiger partial charge in [-0.15, -0.1) is 0 Å². The van der Waals surface area contributed by atoms with Crippen molar-refractivity contribution in [3.05, 3.63) is 48.0 Å². The second-order valence-corrected chi connectivity index (χ2v) is 6.85. The van der Waals surface area contributed by atoms with Gasteiger partial charge in [0.15, 0.2) is 0 Å². The molecule has 0 bridgehead atoms. The Bertz CT molecular complexity index is 764. The van der Waals surface area contributed by atoms with E-state index >= 15 is 0 Å². The molecule has 0 heterocycles. The summed E-state index contributed by atoms with van der Waals surface area (Å²) in [7, 11) is -2.39. The van der Waals surface area contributed by atoms with Crippen molar-refractivity contribution in [3.63, 3.8) is 0 Å². The summed E-state index contributed by atoms with van der Waals surface area (Å²) in [6, 6.07) is 11.0. The lowest BCUT2D eigenvalue weighted by Gasteiger charge is -2.14. The molecule has 0 aliphatic carbocycles. The predicted molar refractivity (Wildman–Crippen MR) is 87.8 cm³/mol. The zero-order valence-electron chi connectivity index (χ0n) is 13.6. The van der Waals surface area contributed by atoms with Crippen molar-refractivity contribution in [2.24, 2.45) is 0 Å². The molecule has 5 nitrogen and oxygen atoms in total. The second-order valence-electron chi connectivity index (χ2n) is 5.31. The topological polar surface area (TPSA) is 61.8 Å². The third kappa shape index (κ3) is 4.39. The van der Waals surface area contributed by atoms with Crippen LogP contribution in [0.4, 0.5) is 0 Å². The van der Waals surface area contributed by atoms with E-state index < -0.39 is 10.1 Å². The van der Waals surface area contributed by atoms with Crippen LogP contribution in [0, 0.1) is 6.92 Å². The predicted octanol–water partition coefficient (Wildman–Crippen LogP) is 3.56. The summed E-state index contributed by atoms with van der Waals surface area (Å²) in [5.41, 5.74) is 0.910. The third-order valence-electron chi connectivity index (χ3n) is 3.08. The fourth-order valence-corrected chi connectivity index (χ4v) is 2.85. The molecule has 0 unspecified atom stereocenters. The van der Waals surface area contributed by atoms with Gasteiger partial charge in [0.2, 0.25) is 0 Å². The summed E-state index contributed by atoms with van der Waals surface area (Å²) in [6.45, 7) is 5.70. The van der Waals surface area contributed by atoms with E-state index in [1.165, 1.54) is 19.2 Å². The van der Waals surface area contributed by atoms with E-state index in [9.17, 15) is 8.42 Å². The molecule has 0 radical (unpaired) electrons. The van der Waals surface area contributed by atoms with Crippen molar-refractivity contribution in [1.82, 2.24) is 0 Å². The Balaban J connectivity index is 2.25. The smallest absolute Gasteiger partial charge is 0.339 e. The summed E-state index contributed by atoms with van der Waals surface area (Å²) in [5.74, 6) is 1.39. The Morgan fingerprint density at radius 1 is 0.957 bits per heavy atom. The van der Waals surface area contributed by atoms with Crippen LogP contribution in [0.5, 0.6) is 17.2 Å². The minimum atomic E-state index is -3.91. The highest BCUT2D eigenvalue weighted by atomic mass is 32.2. The Kier molecular flexibility index (Phi) is 5.15. The Morgan fingerprint density at radius 3 is 2.13 bits per heavy atom. The quantitative estimate of drug-likeness (QED) is 0.755. The first-order chi connectivity index (χ1) is 10.8. The van der Waals surface area contributed by atoms with Crippen LogP contribution in [-0.4, -0.2) is 21.6 Å². The third-order valence-corrected chi connectivity index (χ3v) is 4.34. The largest absolute Gasteiger partial charge is 0.497 e. The van der Waals surface area contributed by atoms with Gasteiger partial charge >= 0.3 is 10.1 Å². The van der Waals surface area contributed by atoms with Gasteiger partial charge in [-0.1, -0.05) is 6.07 Å². The van der Waals surface area contributed by atoms with Crippen LogP contribution in [0.3, 0.4) is 0 Å². The molecule has 0 aliphatic heterocycles. The normalized spacial score (nSPS) is 11.3. The van der Waals surface area contributed by atoms with Gasteiger partial charge in [-0.3, -0.25) is 0 Å². The van der Waals surface area contributed by atoms with Gasteiger partial charge < -0.3 is 13.7 Å². The van der Waals surface area contributed by atoms with Gasteiger partial charge in [-0.25, -0.2) is 0 Å². The van der Waals surface area contributed by atoms with E-state index in [2.05, 4.69) is 0 Å². The number of hydrogen-bond donors (Lipinski definition) is 0. The van der Waals surface area contributed by atoms with Crippen LogP contribution >= 0.6 is 0 Å². The van der Waals surface area contributed by atoms with Crippen molar-refractivity contribution in [3.8, 4) is 17.2 Å². The molecule has 2 rings (SSSR count). The molecular formula is C17H20O5S. The second kappa shape index (κ2) is 6.91. The number of methoxy groups -OCH3 is 1. The van der Waals surface area contributed by atoms with Gasteiger partial charge in [-0.2, -0.15) is 8.42 Å². The minimum Gasteiger partial charge on any atom is -0.497 e. The van der Waals surface area contributed by atoms with Crippen LogP contribution < -0.4 is 13.7 Å². The van der Waals surface area contributed by atoms with Crippen LogP contribution in [-0.2, 0) is 10.1 Å². The molecule has 23 heavy (non-hydrogen) atoms. The molecule has 0 aliphatic rings. The van der Waals surface area contributed by atoms with Crippen molar-refractivity contribution < 1.29 is 22.1 Å². The van der Waals surface area contributed by atoms with E-state index in [0.29, 0.717) is 11.5 Å². The van der Waals surface area contributed by atoms with Crippen LogP contribution in [0.1, 0.15) is 19.4 Å². The lowest BCUT2D eigenvalue weighted by Crippen LogP contribution is -2.11. The monoisotopic (exact) mass is 336 g/mol. The van der Waals surface area contributed by atoms with Crippen LogP contribution in [0.25, 0.3) is 0 Å². The molecule has 0 atom stereocenters. The van der Waals surface area contributed by atoms with Crippen LogP contribution in [0.15, 0.2) is 47.4 Å². The first-order valence-corrected chi connectivity index (χ1v) is 8.58. The maximum Gasteiger partial charge on any atom is 0.339 e. The lowest BCUT2D eigenvalue weighted by molar-refractivity contribution is 0.240. The summed E-state index contributed by atoms with van der Waals surface area (Å²) < 4.78 is 40.5. The summed E-state index contributed by atoms with van der Waals surface area (Å²) in [4.78, 5) is 0.0604. The summed E-state index contributed by atoms with van der Waals surface area (Å²) in [6.07, 6.45) is -0.0119. The first kappa shape index (κ1) is 17.1. The lowest BCUT2D eigenvalue weighted by atomic mass is 10.2. The van der Waals surface area contributed by atoms with E-state index in [1.54, 1.807) is 30.3 Å². The molecule has 0 N–H and O–H groups in total. The Morgan fingerprint density at radius 2 is 1.57 bits per heavy atom. The summed E-state index contributed by atoms with van der Waals surface area (Å²) in [5, 5.41) is 0. The van der Waals surface area contributed by atoms with E-state index in [4.69, 9.17) is 13.7 Å². The standard InChI is InChI=1S/C17H20O5S/c1-12(2)21-17-11-15(6-5-13(17)3)22-23(18,19)16-9-7-14(20-4)8-10-16/h5-12H,1-4H3. The molecule has 124 valence electrons. The van der Waals surface area contributed by atoms with E-state index in [0.717, 1.165) is 5.56 Å². The first-order valence-electron chi connectivity index (χ1n) is 7.17. The molecule has 0 spiro atoms. The molecule has 0 aromatic heterocycles. The Hall–Kier alpha value is -2.21. The van der Waals surface area contributed by atoms with E-state index in [-0.39, 0.29) is 16.7 Å². The van der Waals surface area contributed by atoms with Crippen LogP contribution in [0.2, 0.25) is 0 Å². The highest BCUT2D eigenvalue weighted by Gasteiger charge is 2.17. The molecule has 2 aromatic rings.